The normalized spacial score (nSPS) is 15.9. The van der Waals surface area contributed by atoms with Crippen LogP contribution in [0.1, 0.15) is 16.4 Å². The maximum atomic E-state index is 13.7. The molecule has 0 bridgehead atoms. The summed E-state index contributed by atoms with van der Waals surface area (Å²) in [5.74, 6) is 0.439. The van der Waals surface area contributed by atoms with Gasteiger partial charge in [-0.25, -0.2) is 4.79 Å². The van der Waals surface area contributed by atoms with E-state index >= 15 is 0 Å². The lowest BCUT2D eigenvalue weighted by molar-refractivity contribution is -0.139. The van der Waals surface area contributed by atoms with E-state index in [2.05, 4.69) is 90.9 Å². The molecule has 46 heavy (non-hydrogen) atoms. The van der Waals surface area contributed by atoms with Crippen molar-refractivity contribution in [2.24, 2.45) is 5.72 Å². The lowest BCUT2D eigenvalue weighted by Crippen LogP contribution is -2.46. The first kappa shape index (κ1) is 34.7. The molecule has 4 aromatic carbocycles. The van der Waals surface area contributed by atoms with Gasteiger partial charge in [0.25, 0.3) is 0 Å². The molecule has 9 nitrogen and oxygen atoms in total. The summed E-state index contributed by atoms with van der Waals surface area (Å²) in [6.45, 7) is 0. The molecule has 0 fully saturated rings. The van der Waals surface area contributed by atoms with Crippen molar-refractivity contribution in [3.63, 3.8) is 0 Å². The number of nitrogens with two attached hydrogens (primary N) is 1. The van der Waals surface area contributed by atoms with Gasteiger partial charge in [-0.3, -0.25) is 4.79 Å². The van der Waals surface area contributed by atoms with E-state index < -0.39 is 22.9 Å². The number of carboxylic acid groups (broad SMARTS) is 1. The lowest BCUT2D eigenvalue weighted by Gasteiger charge is -2.33. The highest BCUT2D eigenvalue weighted by atomic mass is 127. The molecular formula is C30H21I7N2O7. The first-order valence-electron chi connectivity index (χ1n) is 14.0. The fourth-order valence-corrected chi connectivity index (χ4v) is 10.6. The number of halogens is 7. The number of carbonyl (C=O) groups excluding carboxylic acids is 1. The standard InChI is InChI=1S/C30H21I7N2O7/c31-24-15-22(13-14-23(24)29(33,34)26(38)27(41)42)45-20-9-11-21(12-10-20)46-28(43)30(35,39(36)37)25(32)16-1-5-18(6-2-16)44-19-7-3-17(40)4-8-19/h1-15,25-26,40H,38H2,(H,41,42)/t25?,26-,30+/m1/s1/i26T/hT2. The summed E-state index contributed by atoms with van der Waals surface area (Å²) >= 11 is 14.0. The number of ether oxygens (including phenoxy) is 3. The van der Waals surface area contributed by atoms with Gasteiger partial charge >= 0.3 is 11.9 Å². The van der Waals surface area contributed by atoms with Crippen LogP contribution in [0.3, 0.4) is 0 Å². The van der Waals surface area contributed by atoms with E-state index in [4.69, 9.17) is 18.4 Å². The highest BCUT2D eigenvalue weighted by molar-refractivity contribution is 14.2. The molecule has 0 aromatic heterocycles. The van der Waals surface area contributed by atoms with Gasteiger partial charge < -0.3 is 30.1 Å². The summed E-state index contributed by atoms with van der Waals surface area (Å²) in [7, 11) is 0. The van der Waals surface area contributed by atoms with E-state index in [0.717, 1.165) is 5.56 Å². The quantitative estimate of drug-likeness (QED) is 0.0299. The molecule has 0 spiro atoms. The Morgan fingerprint density at radius 1 is 0.826 bits per heavy atom. The zero-order valence-corrected chi connectivity index (χ0v) is 37.8. The van der Waals surface area contributed by atoms with Crippen LogP contribution in [0.15, 0.2) is 91.0 Å². The number of nitrogens with zero attached hydrogens (tertiary/aromatic N) is 1. The van der Waals surface area contributed by atoms with Crippen molar-refractivity contribution < 1.29 is 38.2 Å². The highest BCUT2D eigenvalue weighted by Gasteiger charge is 2.49. The number of esters is 1. The third-order valence-electron chi connectivity index (χ3n) is 6.16. The van der Waals surface area contributed by atoms with Crippen molar-refractivity contribution in [2.75, 3.05) is 0 Å². The second-order valence-corrected chi connectivity index (χ2v) is 22.4. The molecule has 0 saturated carbocycles. The summed E-state index contributed by atoms with van der Waals surface area (Å²) in [4.78, 5) is 25.6. The Balaban J connectivity index is 1.45. The van der Waals surface area contributed by atoms with Crippen LogP contribution in [-0.2, 0) is 11.0 Å². The maximum Gasteiger partial charge on any atom is 0.345 e. The smallest absolute Gasteiger partial charge is 0.345 e. The van der Waals surface area contributed by atoms with Crippen LogP contribution >= 0.6 is 159 Å². The van der Waals surface area contributed by atoms with Gasteiger partial charge in [0.1, 0.15) is 44.8 Å². The Morgan fingerprint density at radius 3 is 1.80 bits per heavy atom. The Hall–Kier alpha value is 0.250. The van der Waals surface area contributed by atoms with Crippen LogP contribution in [0, 0.1) is 3.57 Å². The average molecular weight is 1420 g/mol. The minimum atomic E-state index is -2.59. The van der Waals surface area contributed by atoms with E-state index in [9.17, 15) is 19.8 Å². The molecule has 3 atom stereocenters. The minimum absolute atomic E-state index is 0.114. The number of phenolic OH excluding ortho intramolecular Hbond substituents is 1. The topological polar surface area (TPSA) is 132 Å². The third-order valence-corrected chi connectivity index (χ3v) is 17.0. The number of hydrogen-bond donors (Lipinski definition) is 3. The number of carboxylic acids is 1. The fraction of sp³-hybridized carbons (Fsp3) is 0.133. The van der Waals surface area contributed by atoms with Gasteiger partial charge in [-0.2, -0.15) is 1.33 Å². The van der Waals surface area contributed by atoms with Crippen LogP contribution in [0.4, 0.5) is 0 Å². The van der Waals surface area contributed by atoms with Gasteiger partial charge in [-0.05, 0) is 129 Å². The van der Waals surface area contributed by atoms with Gasteiger partial charge in [-0.15, -0.1) is 0 Å². The first-order chi connectivity index (χ1) is 22.9. The second-order valence-electron chi connectivity index (χ2n) is 9.27. The van der Waals surface area contributed by atoms with Crippen molar-refractivity contribution in [3.8, 4) is 34.5 Å². The molecule has 4 N–H and O–H groups in total. The Kier molecular flexibility index (Phi) is 12.8. The van der Waals surface area contributed by atoms with E-state index in [1.54, 1.807) is 113 Å². The summed E-state index contributed by atoms with van der Waals surface area (Å²) in [5, 5.41) is 19.2. The van der Waals surface area contributed by atoms with Crippen molar-refractivity contribution in [1.82, 2.24) is 1.33 Å². The Labute approximate surface area is 365 Å². The number of aromatic hydroxyl groups is 1. The summed E-state index contributed by atoms with van der Waals surface area (Å²) in [5.41, 5.74) is 1.21. The summed E-state index contributed by atoms with van der Waals surface area (Å²) in [6, 6.07) is 22.7. The van der Waals surface area contributed by atoms with Crippen LogP contribution in [0.2, 0.25) is 2.82 Å². The molecule has 0 heterocycles. The number of aliphatic carboxylic acids is 1. The van der Waals surface area contributed by atoms with Crippen molar-refractivity contribution >= 4 is 171 Å². The molecule has 1 unspecified atom stereocenters. The molecule has 0 aliphatic rings. The predicted molar refractivity (Wildman–Crippen MR) is 235 cm³/mol. The van der Waals surface area contributed by atoms with Gasteiger partial charge in [0, 0.05) is 49.3 Å². The van der Waals surface area contributed by atoms with Crippen molar-refractivity contribution in [2.45, 2.75) is 14.9 Å². The van der Waals surface area contributed by atoms with E-state index in [1.807, 2.05) is 46.9 Å². The number of hydrogen-bond acceptors (Lipinski definition) is 8. The van der Waals surface area contributed by atoms with E-state index in [1.165, 1.54) is 0 Å². The molecule has 0 aliphatic carbocycles. The molecular weight excluding hydrogens is 1390 g/mol. The average Bonchev–Trinajstić information content (AvgIpc) is 3.05. The van der Waals surface area contributed by atoms with Gasteiger partial charge in [0.2, 0.25) is 3.55 Å². The lowest BCUT2D eigenvalue weighted by atomic mass is 10.1. The first-order valence-corrected chi connectivity index (χ1v) is 20.1. The third kappa shape index (κ3) is 9.52. The number of rotatable bonds is 13. The zero-order chi connectivity index (χ0) is 36.3. The van der Waals surface area contributed by atoms with Gasteiger partial charge in [0.05, 0.1) is 5.30 Å². The zero-order valence-electron chi connectivity index (χ0n) is 25.7. The largest absolute Gasteiger partial charge is 0.508 e. The fourth-order valence-electron chi connectivity index (χ4n) is 3.80. The SMILES string of the molecule is [3H]N([3H])[C@]([3H])(C(=O)O)C(I)(I)c1ccc(Oc2ccc(OC(=O)[C@](I)(C(I)c3ccc(Oc4ccc(O)cc4)cc3)N(I)I)cc2)cc1I. The maximum absolute atomic E-state index is 13.7. The van der Waals surface area contributed by atoms with Gasteiger partial charge in [0.15, 0.2) is 0 Å². The van der Waals surface area contributed by atoms with E-state index in [-0.39, 0.29) is 15.4 Å². The van der Waals surface area contributed by atoms with Crippen LogP contribution in [0.5, 0.6) is 34.5 Å². The minimum Gasteiger partial charge on any atom is -0.508 e. The van der Waals surface area contributed by atoms with Gasteiger partial charge in [-0.1, -0.05) is 86.0 Å². The molecule has 0 radical (unpaired) electrons. The van der Waals surface area contributed by atoms with Crippen LogP contribution < -0.4 is 19.9 Å². The molecule has 0 saturated heterocycles. The molecule has 242 valence electrons. The highest BCUT2D eigenvalue weighted by Crippen LogP contribution is 2.49. The molecule has 0 amide bonds. The predicted octanol–water partition coefficient (Wildman–Crippen LogP) is 10.2. The summed E-state index contributed by atoms with van der Waals surface area (Å²) < 4.78 is 40.7. The molecule has 4 rings (SSSR count). The molecule has 16 heteroatoms. The number of benzene rings is 4. The monoisotopic (exact) mass is 1420 g/mol. The van der Waals surface area contributed by atoms with Crippen molar-refractivity contribution in [1.29, 1.82) is 0 Å². The van der Waals surface area contributed by atoms with Crippen LogP contribution in [-0.4, -0.2) is 33.0 Å². The number of phenols is 1. The molecule has 4 aromatic rings. The van der Waals surface area contributed by atoms with Crippen molar-refractivity contribution in [3.05, 3.63) is 106 Å². The second kappa shape index (κ2) is 17.0. The summed E-state index contributed by atoms with van der Waals surface area (Å²) in [6.07, 6.45) is 0. The number of carbonyl (C=O) groups is 2. The van der Waals surface area contributed by atoms with Crippen LogP contribution in [0.25, 0.3) is 0 Å². The number of alkyl halides is 4. The Morgan fingerprint density at radius 2 is 1.30 bits per heavy atom. The molecule has 0 aliphatic heterocycles. The van der Waals surface area contributed by atoms with E-state index in [0.29, 0.717) is 37.9 Å². The Bertz CT molecular complexity index is 1810.